The molecule has 3 heterocycles. The van der Waals surface area contributed by atoms with Crippen LogP contribution >= 0.6 is 11.3 Å². The predicted octanol–water partition coefficient (Wildman–Crippen LogP) is 1.85. The van der Waals surface area contributed by atoms with E-state index in [1.807, 2.05) is 10.3 Å². The van der Waals surface area contributed by atoms with Gasteiger partial charge in [0.2, 0.25) is 5.91 Å². The number of carbonyl (C=O) groups excluding carboxylic acids is 1. The molecule has 104 valence electrons. The number of pyridine rings is 1. The Kier molecular flexibility index (Phi) is 3.51. The summed E-state index contributed by atoms with van der Waals surface area (Å²) in [5.74, 6) is -0.154. The van der Waals surface area contributed by atoms with Crippen molar-refractivity contribution in [1.82, 2.24) is 9.97 Å². The van der Waals surface area contributed by atoms with Crippen molar-refractivity contribution < 1.29 is 9.90 Å². The highest BCUT2D eigenvalue weighted by atomic mass is 32.1. The van der Waals surface area contributed by atoms with Gasteiger partial charge >= 0.3 is 0 Å². The van der Waals surface area contributed by atoms with Crippen molar-refractivity contribution in [1.29, 1.82) is 0 Å². The third-order valence-electron chi connectivity index (χ3n) is 3.28. The van der Waals surface area contributed by atoms with E-state index in [1.54, 1.807) is 12.3 Å². The van der Waals surface area contributed by atoms with Crippen LogP contribution in [0.1, 0.15) is 12.8 Å². The molecule has 1 saturated heterocycles. The second-order valence-electron chi connectivity index (χ2n) is 4.55. The maximum absolute atomic E-state index is 12.4. The third-order valence-corrected chi connectivity index (χ3v) is 4.09. The summed E-state index contributed by atoms with van der Waals surface area (Å²) >= 11 is 1.53. The average molecular weight is 290 g/mol. The van der Waals surface area contributed by atoms with E-state index in [0.29, 0.717) is 5.69 Å². The standard InChI is InChI=1S/C13H14N4O2S/c18-11-8-14-4-3-9(11)16-12(19)10-2-1-6-17(10)13-15-5-7-20-13/h3-5,7-8,10,18H,1-2,6H2,(H,14,16,19)/t10-/m0/s1. The van der Waals surface area contributed by atoms with E-state index in [2.05, 4.69) is 15.3 Å². The molecule has 6 nitrogen and oxygen atoms in total. The lowest BCUT2D eigenvalue weighted by Crippen LogP contribution is -2.39. The summed E-state index contributed by atoms with van der Waals surface area (Å²) in [4.78, 5) is 22.4. The van der Waals surface area contributed by atoms with Gasteiger partial charge in [-0.3, -0.25) is 9.78 Å². The molecular formula is C13H14N4O2S. The van der Waals surface area contributed by atoms with Gasteiger partial charge < -0.3 is 15.3 Å². The van der Waals surface area contributed by atoms with Gasteiger partial charge in [-0.05, 0) is 18.9 Å². The first-order chi connectivity index (χ1) is 9.75. The molecule has 2 N–H and O–H groups in total. The quantitative estimate of drug-likeness (QED) is 0.902. The van der Waals surface area contributed by atoms with E-state index in [0.717, 1.165) is 24.5 Å². The van der Waals surface area contributed by atoms with Crippen molar-refractivity contribution in [3.05, 3.63) is 30.0 Å². The minimum Gasteiger partial charge on any atom is -0.504 e. The van der Waals surface area contributed by atoms with E-state index in [-0.39, 0.29) is 17.7 Å². The number of aromatic hydroxyl groups is 1. The molecule has 0 saturated carbocycles. The Morgan fingerprint density at radius 2 is 2.40 bits per heavy atom. The molecule has 0 bridgehead atoms. The Bertz CT molecular complexity index is 602. The lowest BCUT2D eigenvalue weighted by molar-refractivity contribution is -0.117. The summed E-state index contributed by atoms with van der Waals surface area (Å²) < 4.78 is 0. The summed E-state index contributed by atoms with van der Waals surface area (Å²) in [5.41, 5.74) is 0.385. The number of nitrogens with zero attached hydrogens (tertiary/aromatic N) is 3. The highest BCUT2D eigenvalue weighted by molar-refractivity contribution is 7.13. The lowest BCUT2D eigenvalue weighted by atomic mass is 10.2. The summed E-state index contributed by atoms with van der Waals surface area (Å²) in [5, 5.41) is 15.2. The molecule has 0 aliphatic carbocycles. The van der Waals surface area contributed by atoms with Crippen molar-refractivity contribution >= 4 is 28.1 Å². The Balaban J connectivity index is 1.75. The number of anilines is 2. The van der Waals surface area contributed by atoms with Crippen LogP contribution in [-0.4, -0.2) is 33.6 Å². The normalized spacial score (nSPS) is 18.2. The molecule has 3 rings (SSSR count). The van der Waals surface area contributed by atoms with Crippen LogP contribution in [0.2, 0.25) is 0 Å². The van der Waals surface area contributed by atoms with E-state index < -0.39 is 0 Å². The number of hydrogen-bond acceptors (Lipinski definition) is 6. The molecule has 0 spiro atoms. The summed E-state index contributed by atoms with van der Waals surface area (Å²) in [6.07, 6.45) is 6.32. The first-order valence-corrected chi connectivity index (χ1v) is 7.23. The highest BCUT2D eigenvalue weighted by Gasteiger charge is 2.32. The topological polar surface area (TPSA) is 78.3 Å². The van der Waals surface area contributed by atoms with Crippen LogP contribution in [0.25, 0.3) is 0 Å². The van der Waals surface area contributed by atoms with Crippen molar-refractivity contribution in [2.45, 2.75) is 18.9 Å². The minimum absolute atomic E-state index is 0.0281. The fourth-order valence-electron chi connectivity index (χ4n) is 2.33. The molecule has 20 heavy (non-hydrogen) atoms. The lowest BCUT2D eigenvalue weighted by Gasteiger charge is -2.23. The summed E-state index contributed by atoms with van der Waals surface area (Å²) in [6.45, 7) is 0.827. The Morgan fingerprint density at radius 3 is 3.15 bits per heavy atom. The second kappa shape index (κ2) is 5.46. The maximum atomic E-state index is 12.4. The number of rotatable bonds is 3. The molecule has 2 aromatic rings. The molecule has 0 aromatic carbocycles. The highest BCUT2D eigenvalue weighted by Crippen LogP contribution is 2.28. The molecule has 2 aromatic heterocycles. The van der Waals surface area contributed by atoms with Crippen LogP contribution in [0.4, 0.5) is 10.8 Å². The van der Waals surface area contributed by atoms with Crippen molar-refractivity contribution in [3.8, 4) is 5.75 Å². The van der Waals surface area contributed by atoms with E-state index >= 15 is 0 Å². The fourth-order valence-corrected chi connectivity index (χ4v) is 3.05. The first-order valence-electron chi connectivity index (χ1n) is 6.35. The van der Waals surface area contributed by atoms with Gasteiger partial charge in [-0.2, -0.15) is 0 Å². The van der Waals surface area contributed by atoms with Gasteiger partial charge in [0.25, 0.3) is 0 Å². The van der Waals surface area contributed by atoms with E-state index in [1.165, 1.54) is 23.7 Å². The van der Waals surface area contributed by atoms with Gasteiger partial charge in [-0.25, -0.2) is 4.98 Å². The molecular weight excluding hydrogens is 276 g/mol. The van der Waals surface area contributed by atoms with Crippen molar-refractivity contribution in [3.63, 3.8) is 0 Å². The van der Waals surface area contributed by atoms with Gasteiger partial charge in [0.15, 0.2) is 10.9 Å². The first kappa shape index (κ1) is 12.9. The summed E-state index contributed by atoms with van der Waals surface area (Å²) in [7, 11) is 0. The van der Waals surface area contributed by atoms with Gasteiger partial charge in [-0.15, -0.1) is 11.3 Å². The van der Waals surface area contributed by atoms with Crippen LogP contribution in [0.3, 0.4) is 0 Å². The molecule has 1 fully saturated rings. The molecule has 1 atom stereocenters. The average Bonchev–Trinajstić information content (AvgIpc) is 3.11. The zero-order chi connectivity index (χ0) is 13.9. The zero-order valence-corrected chi connectivity index (χ0v) is 11.5. The van der Waals surface area contributed by atoms with Gasteiger partial charge in [0.05, 0.1) is 11.9 Å². The van der Waals surface area contributed by atoms with Crippen molar-refractivity contribution in [2.75, 3.05) is 16.8 Å². The van der Waals surface area contributed by atoms with Gasteiger partial charge in [0, 0.05) is 24.3 Å². The third kappa shape index (κ3) is 2.44. The molecule has 1 aliphatic rings. The van der Waals surface area contributed by atoms with Crippen LogP contribution < -0.4 is 10.2 Å². The Hall–Kier alpha value is -2.15. The molecule has 1 amide bonds. The van der Waals surface area contributed by atoms with Crippen LogP contribution in [0.5, 0.6) is 5.75 Å². The van der Waals surface area contributed by atoms with Crippen LogP contribution in [-0.2, 0) is 4.79 Å². The number of thiazole rings is 1. The van der Waals surface area contributed by atoms with Gasteiger partial charge in [-0.1, -0.05) is 0 Å². The van der Waals surface area contributed by atoms with Crippen molar-refractivity contribution in [2.24, 2.45) is 0 Å². The SMILES string of the molecule is O=C(Nc1ccncc1O)[C@@H]1CCCN1c1nccs1. The largest absolute Gasteiger partial charge is 0.504 e. The van der Waals surface area contributed by atoms with Gasteiger partial charge in [0.1, 0.15) is 6.04 Å². The van der Waals surface area contributed by atoms with E-state index in [4.69, 9.17) is 0 Å². The second-order valence-corrected chi connectivity index (χ2v) is 5.42. The fraction of sp³-hybridized carbons (Fsp3) is 0.308. The zero-order valence-electron chi connectivity index (χ0n) is 10.7. The molecule has 0 unspecified atom stereocenters. The smallest absolute Gasteiger partial charge is 0.247 e. The number of amides is 1. The molecule has 0 radical (unpaired) electrons. The van der Waals surface area contributed by atoms with Crippen LogP contribution in [0.15, 0.2) is 30.0 Å². The number of nitrogens with one attached hydrogen (secondary N) is 1. The Labute approximate surface area is 120 Å². The number of aromatic nitrogens is 2. The number of carbonyl (C=O) groups is 1. The molecule has 1 aliphatic heterocycles. The minimum atomic E-state index is -0.242. The monoisotopic (exact) mass is 290 g/mol. The summed E-state index contributed by atoms with van der Waals surface area (Å²) in [6, 6.07) is 1.34. The van der Waals surface area contributed by atoms with E-state index in [9.17, 15) is 9.90 Å². The molecule has 7 heteroatoms. The Morgan fingerprint density at radius 1 is 1.50 bits per heavy atom. The number of hydrogen-bond donors (Lipinski definition) is 2. The predicted molar refractivity (Wildman–Crippen MR) is 77.0 cm³/mol. The van der Waals surface area contributed by atoms with Crippen LogP contribution in [0, 0.1) is 0 Å². The maximum Gasteiger partial charge on any atom is 0.247 e.